The molecule has 0 aliphatic heterocycles. The lowest BCUT2D eigenvalue weighted by Gasteiger charge is -2.25. The highest BCUT2D eigenvalue weighted by atomic mass is 16.5. The molecular weight excluding hydrogens is 400 g/mol. The smallest absolute Gasteiger partial charge is 0.244 e. The van der Waals surface area contributed by atoms with Gasteiger partial charge in [-0.3, -0.25) is 4.79 Å². The van der Waals surface area contributed by atoms with Crippen LogP contribution >= 0.6 is 0 Å². The zero-order valence-electron chi connectivity index (χ0n) is 18.8. The summed E-state index contributed by atoms with van der Waals surface area (Å²) in [5, 5.41) is 2.99. The number of amides is 1. The number of benzene rings is 3. The summed E-state index contributed by atoms with van der Waals surface area (Å²) >= 11 is 0. The molecular formula is C27H30N2O3. The van der Waals surface area contributed by atoms with Crippen molar-refractivity contribution in [2.24, 2.45) is 0 Å². The van der Waals surface area contributed by atoms with Gasteiger partial charge in [0.25, 0.3) is 0 Å². The van der Waals surface area contributed by atoms with Gasteiger partial charge in [0.15, 0.2) is 0 Å². The molecule has 32 heavy (non-hydrogen) atoms. The predicted molar refractivity (Wildman–Crippen MR) is 129 cm³/mol. The first-order chi connectivity index (χ1) is 15.5. The van der Waals surface area contributed by atoms with Gasteiger partial charge < -0.3 is 19.7 Å². The van der Waals surface area contributed by atoms with Gasteiger partial charge in [0.05, 0.1) is 13.2 Å². The molecule has 1 unspecified atom stereocenters. The number of carbonyl (C=O) groups is 1. The lowest BCUT2D eigenvalue weighted by atomic mass is 10.1. The summed E-state index contributed by atoms with van der Waals surface area (Å²) < 4.78 is 11.0. The highest BCUT2D eigenvalue weighted by Gasteiger charge is 2.14. The first-order valence-electron chi connectivity index (χ1n) is 10.6. The molecule has 1 atom stereocenters. The average Bonchev–Trinajstić information content (AvgIpc) is 2.83. The molecule has 166 valence electrons. The maximum atomic E-state index is 12.3. The Labute approximate surface area is 190 Å². The second-order valence-electron chi connectivity index (χ2n) is 7.67. The van der Waals surface area contributed by atoms with E-state index in [1.165, 1.54) is 0 Å². The van der Waals surface area contributed by atoms with Crippen molar-refractivity contribution in [2.45, 2.75) is 12.6 Å². The van der Waals surface area contributed by atoms with Crippen LogP contribution in [0.2, 0.25) is 0 Å². The van der Waals surface area contributed by atoms with Gasteiger partial charge >= 0.3 is 0 Å². The van der Waals surface area contributed by atoms with Crippen LogP contribution in [0.3, 0.4) is 0 Å². The first kappa shape index (κ1) is 23.1. The summed E-state index contributed by atoms with van der Waals surface area (Å²) in [7, 11) is 5.65. The zero-order valence-corrected chi connectivity index (χ0v) is 18.8. The van der Waals surface area contributed by atoms with Crippen LogP contribution in [-0.4, -0.2) is 38.6 Å². The molecule has 0 heterocycles. The third-order valence-electron chi connectivity index (χ3n) is 5.15. The Bertz CT molecular complexity index is 997. The quantitative estimate of drug-likeness (QED) is 0.474. The van der Waals surface area contributed by atoms with E-state index in [4.69, 9.17) is 9.47 Å². The lowest BCUT2D eigenvalue weighted by molar-refractivity contribution is -0.116. The van der Waals surface area contributed by atoms with Crippen molar-refractivity contribution in [1.29, 1.82) is 0 Å². The summed E-state index contributed by atoms with van der Waals surface area (Å²) in [6, 6.07) is 25.7. The molecule has 0 spiro atoms. The Morgan fingerprint density at radius 1 is 0.938 bits per heavy atom. The minimum absolute atomic E-state index is 0.0688. The molecule has 0 saturated carbocycles. The Morgan fingerprint density at radius 3 is 2.22 bits per heavy atom. The van der Waals surface area contributed by atoms with E-state index < -0.39 is 0 Å². The number of likely N-dealkylation sites (N-methyl/N-ethyl adjacent to an activating group) is 1. The molecule has 0 aromatic heterocycles. The van der Waals surface area contributed by atoms with Crippen molar-refractivity contribution in [3.8, 4) is 11.5 Å². The van der Waals surface area contributed by atoms with Crippen LogP contribution in [-0.2, 0) is 11.4 Å². The van der Waals surface area contributed by atoms with Crippen molar-refractivity contribution in [2.75, 3.05) is 27.7 Å². The second kappa shape index (κ2) is 11.7. The number of methoxy groups -OCH3 is 1. The Hall–Kier alpha value is -3.57. The standard InChI is InChI=1S/C27H30N2O3/c1-29(2)26(23-12-16-24(31-3)17-13-23)19-28-27(30)18-11-21-9-14-25(15-10-21)32-20-22-7-5-4-6-8-22/h4-18,26H,19-20H2,1-3H3,(H,28,30)/b18-11+. The number of nitrogens with one attached hydrogen (secondary N) is 1. The monoisotopic (exact) mass is 430 g/mol. The topological polar surface area (TPSA) is 50.8 Å². The second-order valence-corrected chi connectivity index (χ2v) is 7.67. The van der Waals surface area contributed by atoms with E-state index in [2.05, 4.69) is 10.2 Å². The highest BCUT2D eigenvalue weighted by Crippen LogP contribution is 2.21. The van der Waals surface area contributed by atoms with Crippen LogP contribution < -0.4 is 14.8 Å². The normalized spacial score (nSPS) is 12.0. The molecule has 0 saturated heterocycles. The molecule has 1 amide bonds. The van der Waals surface area contributed by atoms with Crippen LogP contribution in [0.15, 0.2) is 84.9 Å². The summed E-state index contributed by atoms with van der Waals surface area (Å²) in [6.07, 6.45) is 3.36. The third kappa shape index (κ3) is 7.00. The van der Waals surface area contributed by atoms with Gasteiger partial charge in [0, 0.05) is 12.6 Å². The van der Waals surface area contributed by atoms with Gasteiger partial charge in [-0.05, 0) is 61.1 Å². The van der Waals surface area contributed by atoms with Gasteiger partial charge in [0.1, 0.15) is 18.1 Å². The number of nitrogens with zero attached hydrogens (tertiary/aromatic N) is 1. The number of hydrogen-bond acceptors (Lipinski definition) is 4. The maximum absolute atomic E-state index is 12.3. The average molecular weight is 431 g/mol. The van der Waals surface area contributed by atoms with Crippen LogP contribution in [0.4, 0.5) is 0 Å². The lowest BCUT2D eigenvalue weighted by Crippen LogP contribution is -2.33. The van der Waals surface area contributed by atoms with E-state index in [1.54, 1.807) is 19.3 Å². The minimum Gasteiger partial charge on any atom is -0.497 e. The molecule has 0 aliphatic rings. The van der Waals surface area contributed by atoms with E-state index in [-0.39, 0.29) is 11.9 Å². The fourth-order valence-electron chi connectivity index (χ4n) is 3.27. The Morgan fingerprint density at radius 2 is 1.59 bits per heavy atom. The summed E-state index contributed by atoms with van der Waals surface area (Å²) in [6.45, 7) is 1.04. The first-order valence-corrected chi connectivity index (χ1v) is 10.6. The van der Waals surface area contributed by atoms with Crippen molar-refractivity contribution in [3.63, 3.8) is 0 Å². The van der Waals surface area contributed by atoms with Crippen molar-refractivity contribution >= 4 is 12.0 Å². The number of carbonyl (C=O) groups excluding carboxylic acids is 1. The predicted octanol–water partition coefficient (Wildman–Crippen LogP) is 4.71. The number of hydrogen-bond donors (Lipinski definition) is 1. The molecule has 0 fully saturated rings. The highest BCUT2D eigenvalue weighted by molar-refractivity contribution is 5.91. The van der Waals surface area contributed by atoms with Crippen molar-refractivity contribution in [3.05, 3.63) is 102 Å². The van der Waals surface area contributed by atoms with E-state index in [0.29, 0.717) is 13.2 Å². The molecule has 0 aliphatic carbocycles. The van der Waals surface area contributed by atoms with E-state index >= 15 is 0 Å². The largest absolute Gasteiger partial charge is 0.497 e. The molecule has 3 rings (SSSR count). The van der Waals surface area contributed by atoms with Crippen LogP contribution in [0.1, 0.15) is 22.7 Å². The third-order valence-corrected chi connectivity index (χ3v) is 5.15. The van der Waals surface area contributed by atoms with Crippen LogP contribution in [0.5, 0.6) is 11.5 Å². The summed E-state index contributed by atoms with van der Waals surface area (Å²) in [5.41, 5.74) is 3.18. The number of rotatable bonds is 10. The van der Waals surface area contributed by atoms with E-state index in [0.717, 1.165) is 28.2 Å². The van der Waals surface area contributed by atoms with Crippen LogP contribution in [0, 0.1) is 0 Å². The molecule has 5 heteroatoms. The fraction of sp³-hybridized carbons (Fsp3) is 0.222. The molecule has 0 bridgehead atoms. The van der Waals surface area contributed by atoms with Gasteiger partial charge in [-0.25, -0.2) is 0 Å². The maximum Gasteiger partial charge on any atom is 0.244 e. The number of ether oxygens (including phenoxy) is 2. The van der Waals surface area contributed by atoms with Gasteiger partial charge in [0.2, 0.25) is 5.91 Å². The van der Waals surface area contributed by atoms with Crippen molar-refractivity contribution in [1.82, 2.24) is 10.2 Å². The molecule has 3 aromatic carbocycles. The van der Waals surface area contributed by atoms with Gasteiger partial charge in [-0.1, -0.05) is 54.6 Å². The molecule has 5 nitrogen and oxygen atoms in total. The van der Waals surface area contributed by atoms with E-state index in [1.807, 2.05) is 93.0 Å². The molecule has 0 radical (unpaired) electrons. The molecule has 1 N–H and O–H groups in total. The zero-order chi connectivity index (χ0) is 22.8. The minimum atomic E-state index is -0.130. The van der Waals surface area contributed by atoms with Crippen molar-refractivity contribution < 1.29 is 14.3 Å². The van der Waals surface area contributed by atoms with Gasteiger partial charge in [-0.15, -0.1) is 0 Å². The van der Waals surface area contributed by atoms with Gasteiger partial charge in [-0.2, -0.15) is 0 Å². The molecule has 3 aromatic rings. The Balaban J connectivity index is 1.50. The van der Waals surface area contributed by atoms with Crippen LogP contribution in [0.25, 0.3) is 6.08 Å². The Kier molecular flexibility index (Phi) is 8.46. The summed E-state index contributed by atoms with van der Waals surface area (Å²) in [5.74, 6) is 1.48. The SMILES string of the molecule is COc1ccc(C(CNC(=O)/C=C/c2ccc(OCc3ccccc3)cc2)N(C)C)cc1. The van der Waals surface area contributed by atoms with E-state index in [9.17, 15) is 4.79 Å². The fourth-order valence-corrected chi connectivity index (χ4v) is 3.27. The summed E-state index contributed by atoms with van der Waals surface area (Å²) in [4.78, 5) is 14.4.